The molecule has 7 heteroatoms. The second-order valence-electron chi connectivity index (χ2n) is 3.01. The number of nitrogens with two attached hydrogens (primary N) is 1. The van der Waals surface area contributed by atoms with E-state index in [9.17, 15) is 4.79 Å². The van der Waals surface area contributed by atoms with Crippen LogP contribution in [0.2, 0.25) is 4.34 Å². The second-order valence-corrected chi connectivity index (χ2v) is 4.70. The standard InChI is InChI=1S/C8H9ClN4OS/c1-2-13-5(6(10)12-8(13)14)7-11-3-4(9)15-7/h3,5H,2H2,1H3,(H2,10,12,14). The summed E-state index contributed by atoms with van der Waals surface area (Å²) in [5, 5.41) is 0.703. The van der Waals surface area contributed by atoms with Crippen LogP contribution < -0.4 is 5.73 Å². The maximum Gasteiger partial charge on any atom is 0.346 e. The Morgan fingerprint density at radius 1 is 1.73 bits per heavy atom. The molecule has 80 valence electrons. The SMILES string of the molecule is CCN1C(=O)N=C(N)C1c1ncc(Cl)s1. The Bertz CT molecular complexity index is 430. The quantitative estimate of drug-likeness (QED) is 0.860. The molecule has 0 saturated heterocycles. The molecule has 2 rings (SSSR count). The van der Waals surface area contributed by atoms with Gasteiger partial charge in [-0.25, -0.2) is 9.78 Å². The molecule has 0 aliphatic carbocycles. The van der Waals surface area contributed by atoms with Gasteiger partial charge in [0.15, 0.2) is 0 Å². The molecule has 1 aromatic heterocycles. The van der Waals surface area contributed by atoms with Crippen molar-refractivity contribution in [3.05, 3.63) is 15.5 Å². The number of hydrogen-bond donors (Lipinski definition) is 1. The van der Waals surface area contributed by atoms with Gasteiger partial charge in [-0.1, -0.05) is 11.6 Å². The molecular weight excluding hydrogens is 236 g/mol. The zero-order valence-electron chi connectivity index (χ0n) is 7.98. The Kier molecular flexibility index (Phi) is 2.62. The van der Waals surface area contributed by atoms with Gasteiger partial charge in [0.05, 0.1) is 6.20 Å². The van der Waals surface area contributed by atoms with Gasteiger partial charge >= 0.3 is 6.03 Å². The number of hydrogen-bond acceptors (Lipinski definition) is 4. The van der Waals surface area contributed by atoms with E-state index < -0.39 is 0 Å². The fourth-order valence-corrected chi connectivity index (χ4v) is 2.53. The Morgan fingerprint density at radius 2 is 2.47 bits per heavy atom. The number of aromatic nitrogens is 1. The molecule has 0 spiro atoms. The Balaban J connectivity index is 2.35. The lowest BCUT2D eigenvalue weighted by Gasteiger charge is -2.20. The molecule has 1 aromatic rings. The molecule has 1 atom stereocenters. The van der Waals surface area contributed by atoms with Gasteiger partial charge in [-0.05, 0) is 6.92 Å². The molecule has 0 saturated carbocycles. The molecule has 15 heavy (non-hydrogen) atoms. The van der Waals surface area contributed by atoms with E-state index in [1.807, 2.05) is 6.92 Å². The summed E-state index contributed by atoms with van der Waals surface area (Å²) in [6, 6.07) is -0.661. The molecule has 1 aliphatic rings. The van der Waals surface area contributed by atoms with Crippen molar-refractivity contribution >= 4 is 34.8 Å². The van der Waals surface area contributed by atoms with Gasteiger partial charge in [0, 0.05) is 6.54 Å². The summed E-state index contributed by atoms with van der Waals surface area (Å²) in [4.78, 5) is 20.8. The number of rotatable bonds is 2. The van der Waals surface area contributed by atoms with Crippen LogP contribution in [0.1, 0.15) is 18.0 Å². The van der Waals surface area contributed by atoms with Crippen molar-refractivity contribution in [3.8, 4) is 0 Å². The summed E-state index contributed by atoms with van der Waals surface area (Å²) in [7, 11) is 0. The maximum absolute atomic E-state index is 11.4. The first-order valence-electron chi connectivity index (χ1n) is 4.39. The third kappa shape index (κ3) is 1.70. The van der Waals surface area contributed by atoms with Crippen LogP contribution in [0.3, 0.4) is 0 Å². The number of halogens is 1. The third-order valence-electron chi connectivity index (χ3n) is 2.13. The number of nitrogens with zero attached hydrogens (tertiary/aromatic N) is 3. The summed E-state index contributed by atoms with van der Waals surface area (Å²) in [6.45, 7) is 2.42. The highest BCUT2D eigenvalue weighted by Crippen LogP contribution is 2.31. The van der Waals surface area contributed by atoms with Crippen molar-refractivity contribution in [1.29, 1.82) is 0 Å². The van der Waals surface area contributed by atoms with Crippen LogP contribution in [-0.2, 0) is 0 Å². The molecule has 2 amide bonds. The van der Waals surface area contributed by atoms with Crippen molar-refractivity contribution in [2.75, 3.05) is 6.54 Å². The van der Waals surface area contributed by atoms with Crippen LogP contribution in [-0.4, -0.2) is 28.3 Å². The first-order valence-corrected chi connectivity index (χ1v) is 5.58. The zero-order chi connectivity index (χ0) is 11.0. The highest BCUT2D eigenvalue weighted by atomic mass is 35.5. The van der Waals surface area contributed by atoms with Crippen molar-refractivity contribution in [2.24, 2.45) is 10.7 Å². The number of carbonyl (C=O) groups excluding carboxylic acids is 1. The van der Waals surface area contributed by atoms with Crippen LogP contribution >= 0.6 is 22.9 Å². The number of carbonyl (C=O) groups is 1. The van der Waals surface area contributed by atoms with E-state index in [2.05, 4.69) is 9.98 Å². The summed E-state index contributed by atoms with van der Waals surface area (Å²) < 4.78 is 0.577. The molecule has 1 unspecified atom stereocenters. The normalized spacial score (nSPS) is 20.9. The Labute approximate surface area is 95.6 Å². The minimum absolute atomic E-state index is 0.285. The van der Waals surface area contributed by atoms with E-state index >= 15 is 0 Å². The van der Waals surface area contributed by atoms with E-state index in [1.54, 1.807) is 11.1 Å². The smallest absolute Gasteiger partial charge is 0.346 e. The van der Waals surface area contributed by atoms with E-state index in [4.69, 9.17) is 17.3 Å². The van der Waals surface area contributed by atoms with Gasteiger partial charge in [0.1, 0.15) is 21.2 Å². The number of thiazole rings is 1. The highest BCUT2D eigenvalue weighted by molar-refractivity contribution is 7.16. The molecule has 2 heterocycles. The minimum Gasteiger partial charge on any atom is -0.385 e. The number of amidine groups is 1. The Hall–Kier alpha value is -1.14. The lowest BCUT2D eigenvalue weighted by molar-refractivity contribution is 0.209. The minimum atomic E-state index is -0.347. The maximum atomic E-state index is 11.4. The zero-order valence-corrected chi connectivity index (χ0v) is 9.55. The average Bonchev–Trinajstić information content (AvgIpc) is 2.70. The van der Waals surface area contributed by atoms with Crippen molar-refractivity contribution in [2.45, 2.75) is 13.0 Å². The number of likely N-dealkylation sites (N-methyl/N-ethyl adjacent to an activating group) is 1. The fraction of sp³-hybridized carbons (Fsp3) is 0.375. The first kappa shape index (κ1) is 10.4. The summed E-state index contributed by atoms with van der Waals surface area (Å²) in [5.74, 6) is 0.285. The van der Waals surface area contributed by atoms with Gasteiger partial charge < -0.3 is 10.6 Å². The summed E-state index contributed by atoms with van der Waals surface area (Å²) in [5.41, 5.74) is 5.69. The van der Waals surface area contributed by atoms with Crippen LogP contribution in [0, 0.1) is 0 Å². The van der Waals surface area contributed by atoms with Gasteiger partial charge in [-0.15, -0.1) is 11.3 Å². The van der Waals surface area contributed by atoms with Crippen molar-refractivity contribution in [3.63, 3.8) is 0 Å². The van der Waals surface area contributed by atoms with E-state index in [0.29, 0.717) is 15.9 Å². The van der Waals surface area contributed by atoms with Crippen molar-refractivity contribution in [1.82, 2.24) is 9.88 Å². The molecular formula is C8H9ClN4OS. The average molecular weight is 245 g/mol. The third-order valence-corrected chi connectivity index (χ3v) is 3.30. The van der Waals surface area contributed by atoms with Gasteiger partial charge in [0.2, 0.25) is 0 Å². The van der Waals surface area contributed by atoms with Gasteiger partial charge in [0.25, 0.3) is 0 Å². The molecule has 0 bridgehead atoms. The Morgan fingerprint density at radius 3 is 3.00 bits per heavy atom. The fourth-order valence-electron chi connectivity index (χ4n) is 1.48. The number of amides is 2. The van der Waals surface area contributed by atoms with Crippen LogP contribution in [0.5, 0.6) is 0 Å². The summed E-state index contributed by atoms with van der Waals surface area (Å²) in [6.07, 6.45) is 1.55. The number of urea groups is 1. The predicted octanol–water partition coefficient (Wildman–Crippen LogP) is 1.65. The van der Waals surface area contributed by atoms with E-state index in [0.717, 1.165) is 0 Å². The van der Waals surface area contributed by atoms with E-state index in [1.165, 1.54) is 11.3 Å². The van der Waals surface area contributed by atoms with Gasteiger partial charge in [-0.3, -0.25) is 0 Å². The van der Waals surface area contributed by atoms with E-state index in [-0.39, 0.29) is 17.9 Å². The molecule has 0 aromatic carbocycles. The van der Waals surface area contributed by atoms with Crippen molar-refractivity contribution < 1.29 is 4.79 Å². The lowest BCUT2D eigenvalue weighted by Crippen LogP contribution is -2.33. The molecule has 0 radical (unpaired) electrons. The summed E-state index contributed by atoms with van der Waals surface area (Å²) >= 11 is 7.10. The predicted molar refractivity (Wildman–Crippen MR) is 59.3 cm³/mol. The van der Waals surface area contributed by atoms with Gasteiger partial charge in [-0.2, -0.15) is 4.99 Å². The molecule has 5 nitrogen and oxygen atoms in total. The van der Waals surface area contributed by atoms with Crippen LogP contribution in [0.15, 0.2) is 11.2 Å². The largest absolute Gasteiger partial charge is 0.385 e. The first-order chi connectivity index (χ1) is 7.13. The lowest BCUT2D eigenvalue weighted by atomic mass is 10.2. The molecule has 2 N–H and O–H groups in total. The monoisotopic (exact) mass is 244 g/mol. The van der Waals surface area contributed by atoms with Crippen LogP contribution in [0.25, 0.3) is 0 Å². The number of aliphatic imine (C=N–C) groups is 1. The second kappa shape index (κ2) is 3.79. The topological polar surface area (TPSA) is 71.6 Å². The highest BCUT2D eigenvalue weighted by Gasteiger charge is 2.35. The van der Waals surface area contributed by atoms with Crippen LogP contribution in [0.4, 0.5) is 4.79 Å². The molecule has 1 aliphatic heterocycles. The molecule has 0 fully saturated rings.